The maximum Gasteiger partial charge on any atom is 0.408 e. The number of alkyl carbamates (subject to hydrolysis) is 1. The van der Waals surface area contributed by atoms with Crippen molar-refractivity contribution in [3.8, 4) is 0 Å². The largest absolute Gasteiger partial charge is 0.464 e. The molecule has 2 amide bonds. The lowest BCUT2D eigenvalue weighted by Gasteiger charge is -2.27. The van der Waals surface area contributed by atoms with Gasteiger partial charge in [0.2, 0.25) is 5.91 Å². The molecule has 0 aromatic heterocycles. The Kier molecular flexibility index (Phi) is 6.01. The van der Waals surface area contributed by atoms with Crippen molar-refractivity contribution in [2.24, 2.45) is 0 Å². The number of rotatable bonds is 5. The van der Waals surface area contributed by atoms with Gasteiger partial charge in [-0.25, -0.2) is 9.59 Å². The molecule has 7 nitrogen and oxygen atoms in total. The lowest BCUT2D eigenvalue weighted by atomic mass is 10.1. The summed E-state index contributed by atoms with van der Waals surface area (Å²) in [5.41, 5.74) is 0.249. The highest BCUT2D eigenvalue weighted by atomic mass is 16.6. The molecular formula is C18H24N2O5. The van der Waals surface area contributed by atoms with Crippen LogP contribution in [0.5, 0.6) is 0 Å². The number of carbonyl (C=O) groups is 3. The van der Waals surface area contributed by atoms with E-state index in [9.17, 15) is 14.4 Å². The first-order valence-electron chi connectivity index (χ1n) is 8.23. The fourth-order valence-electron chi connectivity index (χ4n) is 2.48. The lowest BCUT2D eigenvalue weighted by Crippen LogP contribution is -2.47. The highest BCUT2D eigenvalue weighted by Crippen LogP contribution is 2.17. The standard InChI is InChI=1S/C18H24N2O5/c1-18(2,3)25-17(23)19-11-15(21)20(14-9-10-24-16(14)22)12-13-7-5-4-6-8-13/h4-8,14H,9-12H2,1-3H3,(H,19,23). The number of hydrogen-bond acceptors (Lipinski definition) is 5. The molecule has 1 aromatic carbocycles. The van der Waals surface area contributed by atoms with Crippen LogP contribution < -0.4 is 5.32 Å². The van der Waals surface area contributed by atoms with Crippen LogP contribution in [0.4, 0.5) is 4.79 Å². The molecule has 25 heavy (non-hydrogen) atoms. The second-order valence-corrected chi connectivity index (χ2v) is 6.83. The number of benzene rings is 1. The first-order chi connectivity index (χ1) is 11.8. The van der Waals surface area contributed by atoms with Crippen LogP contribution in [0, 0.1) is 0 Å². The molecule has 0 saturated carbocycles. The second kappa shape index (κ2) is 8.00. The molecule has 1 N–H and O–H groups in total. The first kappa shape index (κ1) is 18.8. The van der Waals surface area contributed by atoms with Crippen molar-refractivity contribution < 1.29 is 23.9 Å². The van der Waals surface area contributed by atoms with Gasteiger partial charge in [0.1, 0.15) is 18.2 Å². The highest BCUT2D eigenvalue weighted by molar-refractivity contribution is 5.88. The minimum atomic E-state index is -0.672. The van der Waals surface area contributed by atoms with Gasteiger partial charge < -0.3 is 19.7 Å². The van der Waals surface area contributed by atoms with Crippen LogP contribution >= 0.6 is 0 Å². The summed E-state index contributed by atoms with van der Waals surface area (Å²) in [6, 6.07) is 8.73. The number of nitrogens with one attached hydrogen (secondary N) is 1. The van der Waals surface area contributed by atoms with Crippen LogP contribution in [-0.4, -0.2) is 47.7 Å². The van der Waals surface area contributed by atoms with E-state index in [1.807, 2.05) is 30.3 Å². The predicted molar refractivity (Wildman–Crippen MR) is 90.6 cm³/mol. The van der Waals surface area contributed by atoms with Gasteiger partial charge in [-0.2, -0.15) is 0 Å². The third-order valence-electron chi connectivity index (χ3n) is 3.58. The summed E-state index contributed by atoms with van der Waals surface area (Å²) in [4.78, 5) is 37.7. The lowest BCUT2D eigenvalue weighted by molar-refractivity contribution is -0.148. The Labute approximate surface area is 147 Å². The number of amides is 2. The summed E-state index contributed by atoms with van der Waals surface area (Å²) in [5, 5.41) is 2.44. The summed E-state index contributed by atoms with van der Waals surface area (Å²) in [7, 11) is 0. The van der Waals surface area contributed by atoms with E-state index in [0.717, 1.165) is 5.56 Å². The van der Waals surface area contributed by atoms with E-state index >= 15 is 0 Å². The molecule has 1 saturated heterocycles. The van der Waals surface area contributed by atoms with E-state index in [1.54, 1.807) is 20.8 Å². The van der Waals surface area contributed by atoms with Gasteiger partial charge in [0.25, 0.3) is 0 Å². The number of nitrogens with zero attached hydrogens (tertiary/aromatic N) is 1. The van der Waals surface area contributed by atoms with Crippen molar-refractivity contribution in [1.29, 1.82) is 0 Å². The minimum Gasteiger partial charge on any atom is -0.464 e. The number of carbonyl (C=O) groups excluding carboxylic acids is 3. The van der Waals surface area contributed by atoms with E-state index < -0.39 is 23.7 Å². The molecule has 1 unspecified atom stereocenters. The van der Waals surface area contributed by atoms with Gasteiger partial charge in [0, 0.05) is 13.0 Å². The number of hydrogen-bond donors (Lipinski definition) is 1. The topological polar surface area (TPSA) is 84.9 Å². The monoisotopic (exact) mass is 348 g/mol. The van der Waals surface area contributed by atoms with Gasteiger partial charge >= 0.3 is 12.1 Å². The van der Waals surface area contributed by atoms with Gasteiger partial charge in [-0.3, -0.25) is 4.79 Å². The minimum absolute atomic E-state index is 0.245. The molecule has 136 valence electrons. The highest BCUT2D eigenvalue weighted by Gasteiger charge is 2.35. The maximum atomic E-state index is 12.6. The molecule has 1 heterocycles. The third-order valence-corrected chi connectivity index (χ3v) is 3.58. The summed E-state index contributed by atoms with van der Waals surface area (Å²) < 4.78 is 10.1. The first-order valence-corrected chi connectivity index (χ1v) is 8.23. The van der Waals surface area contributed by atoms with Crippen molar-refractivity contribution in [2.75, 3.05) is 13.2 Å². The number of ether oxygens (including phenoxy) is 2. The maximum absolute atomic E-state index is 12.6. The molecule has 1 atom stereocenters. The van der Waals surface area contributed by atoms with Crippen LogP contribution in [0.3, 0.4) is 0 Å². The van der Waals surface area contributed by atoms with Gasteiger partial charge in [-0.15, -0.1) is 0 Å². The Balaban J connectivity index is 2.02. The van der Waals surface area contributed by atoms with Crippen LogP contribution in [-0.2, 0) is 25.6 Å². The molecule has 1 aliphatic rings. The Morgan fingerprint density at radius 1 is 1.28 bits per heavy atom. The van der Waals surface area contributed by atoms with Crippen LogP contribution in [0.25, 0.3) is 0 Å². The molecule has 1 aliphatic heterocycles. The third kappa shape index (κ3) is 5.77. The zero-order valence-corrected chi connectivity index (χ0v) is 14.8. The number of esters is 1. The molecule has 0 spiro atoms. The van der Waals surface area contributed by atoms with Crippen molar-refractivity contribution in [3.63, 3.8) is 0 Å². The quantitative estimate of drug-likeness (QED) is 0.821. The molecule has 1 aromatic rings. The summed E-state index contributed by atoms with van der Waals surface area (Å²) in [6.45, 7) is 5.54. The molecule has 1 fully saturated rings. The normalized spacial score (nSPS) is 16.9. The van der Waals surface area contributed by atoms with Crippen molar-refractivity contribution in [3.05, 3.63) is 35.9 Å². The summed E-state index contributed by atoms with van der Waals surface area (Å²) in [5.74, 6) is -0.778. The van der Waals surface area contributed by atoms with E-state index in [4.69, 9.17) is 9.47 Å². The van der Waals surface area contributed by atoms with Crippen LogP contribution in [0.15, 0.2) is 30.3 Å². The second-order valence-electron chi connectivity index (χ2n) is 6.83. The predicted octanol–water partition coefficient (Wildman–Crippen LogP) is 1.86. The molecule has 0 bridgehead atoms. The summed E-state index contributed by atoms with van der Waals surface area (Å²) in [6.07, 6.45) is -0.223. The smallest absolute Gasteiger partial charge is 0.408 e. The Hall–Kier alpha value is -2.57. The molecule has 7 heteroatoms. The van der Waals surface area contributed by atoms with Crippen molar-refractivity contribution in [2.45, 2.75) is 45.4 Å². The van der Waals surface area contributed by atoms with Crippen molar-refractivity contribution >= 4 is 18.0 Å². The molecule has 0 radical (unpaired) electrons. The molecular weight excluding hydrogens is 324 g/mol. The zero-order chi connectivity index (χ0) is 18.4. The average Bonchev–Trinajstić information content (AvgIpc) is 2.95. The van der Waals surface area contributed by atoms with E-state index in [0.29, 0.717) is 13.0 Å². The number of cyclic esters (lactones) is 1. The fraction of sp³-hybridized carbons (Fsp3) is 0.500. The van der Waals surface area contributed by atoms with Gasteiger partial charge in [-0.1, -0.05) is 30.3 Å². The van der Waals surface area contributed by atoms with E-state index in [2.05, 4.69) is 5.32 Å². The van der Waals surface area contributed by atoms with Crippen LogP contribution in [0.2, 0.25) is 0 Å². The fourth-order valence-corrected chi connectivity index (χ4v) is 2.48. The molecule has 0 aliphatic carbocycles. The average molecular weight is 348 g/mol. The Bertz CT molecular complexity index is 624. The van der Waals surface area contributed by atoms with Crippen LogP contribution in [0.1, 0.15) is 32.8 Å². The van der Waals surface area contributed by atoms with Gasteiger partial charge in [0.05, 0.1) is 6.61 Å². The van der Waals surface area contributed by atoms with Crippen molar-refractivity contribution in [1.82, 2.24) is 10.2 Å². The Morgan fingerprint density at radius 3 is 2.52 bits per heavy atom. The van der Waals surface area contributed by atoms with E-state index in [1.165, 1.54) is 4.90 Å². The SMILES string of the molecule is CC(C)(C)OC(=O)NCC(=O)N(Cc1ccccc1)C1CCOC1=O. The zero-order valence-electron chi connectivity index (χ0n) is 14.8. The summed E-state index contributed by atoms with van der Waals surface area (Å²) >= 11 is 0. The molecule has 2 rings (SSSR count). The van der Waals surface area contributed by atoms with E-state index in [-0.39, 0.29) is 19.0 Å². The Morgan fingerprint density at radius 2 is 1.96 bits per heavy atom. The van der Waals surface area contributed by atoms with Gasteiger partial charge in [-0.05, 0) is 26.3 Å². The van der Waals surface area contributed by atoms with Gasteiger partial charge in [0.15, 0.2) is 0 Å².